The van der Waals surface area contributed by atoms with Crippen LogP contribution in [0.15, 0.2) is 57.4 Å². The van der Waals surface area contributed by atoms with Gasteiger partial charge in [0.2, 0.25) is 0 Å². The zero-order valence-corrected chi connectivity index (χ0v) is 16.0. The van der Waals surface area contributed by atoms with E-state index in [1.54, 1.807) is 30.3 Å². The number of fused-ring (bicyclic) bond motifs is 1. The Morgan fingerprint density at radius 3 is 2.85 bits per heavy atom. The number of furan rings is 1. The highest BCUT2D eigenvalue weighted by Crippen LogP contribution is 2.30. The molecule has 1 N–H and O–H groups in total. The maximum atomic E-state index is 13.3. The summed E-state index contributed by atoms with van der Waals surface area (Å²) in [6.45, 7) is 0. The molecule has 0 saturated heterocycles. The molecule has 0 fully saturated rings. The van der Waals surface area contributed by atoms with Crippen molar-refractivity contribution in [2.45, 2.75) is 0 Å². The van der Waals surface area contributed by atoms with Gasteiger partial charge >= 0.3 is 0 Å². The first kappa shape index (κ1) is 17.5. The lowest BCUT2D eigenvalue weighted by molar-refractivity contribution is 0.572. The van der Waals surface area contributed by atoms with Gasteiger partial charge in [-0.25, -0.2) is 9.37 Å². The zero-order chi connectivity index (χ0) is 19.0. The summed E-state index contributed by atoms with van der Waals surface area (Å²) in [5.74, 6) is 1.10. The van der Waals surface area contributed by atoms with Crippen LogP contribution >= 0.6 is 27.5 Å². The van der Waals surface area contributed by atoms with E-state index in [0.29, 0.717) is 33.4 Å². The van der Waals surface area contributed by atoms with E-state index in [4.69, 9.17) is 16.0 Å². The summed E-state index contributed by atoms with van der Waals surface area (Å²) in [7, 11) is 0. The molecule has 0 bridgehead atoms. The van der Waals surface area contributed by atoms with Crippen LogP contribution in [0.25, 0.3) is 34.0 Å². The van der Waals surface area contributed by atoms with E-state index in [9.17, 15) is 9.65 Å². The van der Waals surface area contributed by atoms with Gasteiger partial charge in [0.05, 0.1) is 21.6 Å². The van der Waals surface area contributed by atoms with E-state index in [0.717, 1.165) is 10.0 Å². The van der Waals surface area contributed by atoms with Crippen LogP contribution in [0.5, 0.6) is 0 Å². The van der Waals surface area contributed by atoms with Gasteiger partial charge in [0, 0.05) is 16.1 Å². The molecule has 0 saturated carbocycles. The van der Waals surface area contributed by atoms with Gasteiger partial charge < -0.3 is 9.40 Å². The normalized spacial score (nSPS) is 11.7. The Kier molecular flexibility index (Phi) is 4.56. The van der Waals surface area contributed by atoms with Crippen LogP contribution in [0.4, 0.5) is 4.39 Å². The summed E-state index contributed by atoms with van der Waals surface area (Å²) < 4.78 is 19.9. The monoisotopic (exact) mass is 441 g/mol. The van der Waals surface area contributed by atoms with Gasteiger partial charge in [-0.05, 0) is 58.4 Å². The van der Waals surface area contributed by atoms with Crippen molar-refractivity contribution in [3.8, 4) is 17.4 Å². The molecular weight excluding hydrogens is 433 g/mol. The average Bonchev–Trinajstić information content (AvgIpc) is 3.28. The van der Waals surface area contributed by atoms with Crippen molar-refractivity contribution in [3.63, 3.8) is 0 Å². The second-order valence-electron chi connectivity index (χ2n) is 5.75. The van der Waals surface area contributed by atoms with E-state index >= 15 is 0 Å². The van der Waals surface area contributed by atoms with Gasteiger partial charge in [-0.2, -0.15) is 5.26 Å². The lowest BCUT2D eigenvalue weighted by Gasteiger charge is -2.00. The smallest absolute Gasteiger partial charge is 0.149 e. The average molecular weight is 443 g/mol. The molecule has 0 unspecified atom stereocenters. The number of nitriles is 1. The SMILES string of the molecule is N#C/C(=C/c1ccc(-c2ccc(Br)c(Cl)c2)o1)c1nc2ccc(F)cc2[nH]1. The van der Waals surface area contributed by atoms with Crippen LogP contribution in [-0.2, 0) is 0 Å². The lowest BCUT2D eigenvalue weighted by atomic mass is 10.2. The molecule has 2 aromatic carbocycles. The molecule has 2 heterocycles. The minimum atomic E-state index is -0.371. The number of allylic oxidation sites excluding steroid dienone is 1. The fourth-order valence-electron chi connectivity index (χ4n) is 2.64. The number of nitrogens with zero attached hydrogens (tertiary/aromatic N) is 2. The Hall–Kier alpha value is -2.88. The van der Waals surface area contributed by atoms with Crippen molar-refractivity contribution >= 4 is 50.2 Å². The highest BCUT2D eigenvalue weighted by molar-refractivity contribution is 9.10. The topological polar surface area (TPSA) is 65.6 Å². The number of rotatable bonds is 3. The molecule has 27 heavy (non-hydrogen) atoms. The predicted molar refractivity (Wildman–Crippen MR) is 106 cm³/mol. The molecule has 0 aliphatic carbocycles. The maximum Gasteiger partial charge on any atom is 0.149 e. The summed E-state index contributed by atoms with van der Waals surface area (Å²) in [6, 6.07) is 15.4. The third kappa shape index (κ3) is 3.52. The van der Waals surface area contributed by atoms with Crippen molar-refractivity contribution in [1.82, 2.24) is 9.97 Å². The van der Waals surface area contributed by atoms with Crippen molar-refractivity contribution in [1.29, 1.82) is 5.26 Å². The Balaban J connectivity index is 1.69. The third-order valence-electron chi connectivity index (χ3n) is 3.94. The summed E-state index contributed by atoms with van der Waals surface area (Å²) in [4.78, 5) is 7.28. The minimum absolute atomic E-state index is 0.279. The molecule has 0 aliphatic heterocycles. The van der Waals surface area contributed by atoms with Crippen molar-refractivity contribution in [2.24, 2.45) is 0 Å². The zero-order valence-electron chi connectivity index (χ0n) is 13.6. The van der Waals surface area contributed by atoms with E-state index in [2.05, 4.69) is 32.0 Å². The quantitative estimate of drug-likeness (QED) is 0.371. The first-order valence-corrected chi connectivity index (χ1v) is 9.03. The summed E-state index contributed by atoms with van der Waals surface area (Å²) in [6.07, 6.45) is 1.58. The first-order chi connectivity index (χ1) is 13.0. The van der Waals surface area contributed by atoms with Crippen LogP contribution < -0.4 is 0 Å². The van der Waals surface area contributed by atoms with Crippen LogP contribution in [0.3, 0.4) is 0 Å². The number of H-pyrrole nitrogens is 1. The highest BCUT2D eigenvalue weighted by atomic mass is 79.9. The Morgan fingerprint density at radius 2 is 2.07 bits per heavy atom. The maximum absolute atomic E-state index is 13.3. The molecule has 0 amide bonds. The van der Waals surface area contributed by atoms with E-state index < -0.39 is 0 Å². The van der Waals surface area contributed by atoms with Crippen LogP contribution in [0, 0.1) is 17.1 Å². The summed E-state index contributed by atoms with van der Waals surface area (Å²) >= 11 is 9.48. The Morgan fingerprint density at radius 1 is 1.22 bits per heavy atom. The third-order valence-corrected chi connectivity index (χ3v) is 5.17. The van der Waals surface area contributed by atoms with Gasteiger partial charge in [-0.3, -0.25) is 0 Å². The molecule has 0 spiro atoms. The molecule has 4 aromatic rings. The molecule has 2 aromatic heterocycles. The first-order valence-electron chi connectivity index (χ1n) is 7.86. The van der Waals surface area contributed by atoms with Gasteiger partial charge in [0.25, 0.3) is 0 Å². The number of aromatic nitrogens is 2. The molecule has 7 heteroatoms. The summed E-state index contributed by atoms with van der Waals surface area (Å²) in [5, 5.41) is 10.1. The molecule has 4 nitrogen and oxygen atoms in total. The largest absolute Gasteiger partial charge is 0.457 e. The van der Waals surface area contributed by atoms with Crippen molar-refractivity contribution < 1.29 is 8.81 Å². The molecule has 132 valence electrons. The predicted octanol–water partition coefficient (Wildman–Crippen LogP) is 6.44. The van der Waals surface area contributed by atoms with Gasteiger partial charge in [-0.1, -0.05) is 17.7 Å². The number of benzene rings is 2. The second kappa shape index (κ2) is 7.03. The van der Waals surface area contributed by atoms with Crippen LogP contribution in [0.2, 0.25) is 5.02 Å². The molecule has 0 radical (unpaired) electrons. The Bertz CT molecular complexity index is 1240. The number of imidazole rings is 1. The van der Waals surface area contributed by atoms with Gasteiger partial charge in [0.1, 0.15) is 29.2 Å². The van der Waals surface area contributed by atoms with Crippen LogP contribution in [-0.4, -0.2) is 9.97 Å². The van der Waals surface area contributed by atoms with Crippen LogP contribution in [0.1, 0.15) is 11.6 Å². The Labute approximate surface area is 167 Å². The highest BCUT2D eigenvalue weighted by Gasteiger charge is 2.11. The van der Waals surface area contributed by atoms with Gasteiger partial charge in [-0.15, -0.1) is 0 Å². The number of hydrogen-bond donors (Lipinski definition) is 1. The number of nitrogens with one attached hydrogen (secondary N) is 1. The fraction of sp³-hybridized carbons (Fsp3) is 0. The fourth-order valence-corrected chi connectivity index (χ4v) is 3.07. The molecular formula is C20H10BrClFN3O. The number of aromatic amines is 1. The molecule has 0 aliphatic rings. The van der Waals surface area contributed by atoms with E-state index in [1.165, 1.54) is 12.1 Å². The lowest BCUT2D eigenvalue weighted by Crippen LogP contribution is -1.84. The summed E-state index contributed by atoms with van der Waals surface area (Å²) in [5.41, 5.74) is 2.20. The van der Waals surface area contributed by atoms with Crippen molar-refractivity contribution in [2.75, 3.05) is 0 Å². The van der Waals surface area contributed by atoms with E-state index in [-0.39, 0.29) is 11.4 Å². The standard InChI is InChI=1S/C20H10BrClFN3O/c21-15-4-1-11(8-16(15)22)19-6-3-14(27-19)7-12(10-24)20-25-17-5-2-13(23)9-18(17)26-20/h1-9H,(H,25,26)/b12-7-. The number of halogens is 3. The molecule has 0 atom stereocenters. The minimum Gasteiger partial charge on any atom is -0.457 e. The van der Waals surface area contributed by atoms with E-state index in [1.807, 2.05) is 12.1 Å². The number of hydrogen-bond acceptors (Lipinski definition) is 3. The van der Waals surface area contributed by atoms with Crippen molar-refractivity contribution in [3.05, 3.63) is 75.4 Å². The van der Waals surface area contributed by atoms with Gasteiger partial charge in [0.15, 0.2) is 0 Å². The molecule has 4 rings (SSSR count). The second-order valence-corrected chi connectivity index (χ2v) is 7.01.